The third kappa shape index (κ3) is 8.35. The molecule has 0 spiro atoms. The fraction of sp³-hybridized carbons (Fsp3) is 0.154. The van der Waals surface area contributed by atoms with Crippen molar-refractivity contribution in [3.05, 3.63) is 80.4 Å². The monoisotopic (exact) mass is 650 g/mol. The molecule has 0 aliphatic heterocycles. The van der Waals surface area contributed by atoms with Crippen LogP contribution in [0.4, 0.5) is 5.69 Å². The van der Waals surface area contributed by atoms with Gasteiger partial charge in [-0.1, -0.05) is 35.9 Å². The molecule has 0 aliphatic carbocycles. The van der Waals surface area contributed by atoms with E-state index < -0.39 is 17.7 Å². The number of carbonyl (C=O) groups is 3. The van der Waals surface area contributed by atoms with Crippen molar-refractivity contribution >= 4 is 63.8 Å². The van der Waals surface area contributed by atoms with Crippen LogP contribution >= 0.6 is 34.2 Å². The number of carbonyl (C=O) groups excluding carboxylic acids is 3. The van der Waals surface area contributed by atoms with Crippen LogP contribution in [-0.2, 0) is 20.9 Å². The van der Waals surface area contributed by atoms with Crippen LogP contribution in [0.2, 0.25) is 5.02 Å². The average Bonchev–Trinajstić information content (AvgIpc) is 2.92. The summed E-state index contributed by atoms with van der Waals surface area (Å²) in [5, 5.41) is 9.45. The van der Waals surface area contributed by atoms with E-state index in [0.29, 0.717) is 37.1 Å². The first-order valence-corrected chi connectivity index (χ1v) is 12.5. The lowest BCUT2D eigenvalue weighted by Crippen LogP contribution is -2.37. The molecule has 0 radical (unpaired) electrons. The molecule has 0 bridgehead atoms. The first-order chi connectivity index (χ1) is 18.3. The van der Waals surface area contributed by atoms with E-state index in [4.69, 9.17) is 25.8 Å². The van der Waals surface area contributed by atoms with Crippen LogP contribution in [-0.4, -0.2) is 44.8 Å². The lowest BCUT2D eigenvalue weighted by molar-refractivity contribution is -0.139. The van der Waals surface area contributed by atoms with Crippen molar-refractivity contribution in [2.45, 2.75) is 6.54 Å². The minimum atomic E-state index is -0.916. The molecule has 198 valence electrons. The number of methoxy groups -OCH3 is 2. The van der Waals surface area contributed by atoms with Gasteiger partial charge < -0.3 is 24.8 Å². The third-order valence-corrected chi connectivity index (χ3v) is 6.08. The van der Waals surface area contributed by atoms with E-state index >= 15 is 0 Å². The van der Waals surface area contributed by atoms with Crippen molar-refractivity contribution in [1.82, 2.24) is 10.7 Å². The highest BCUT2D eigenvalue weighted by Crippen LogP contribution is 2.33. The van der Waals surface area contributed by atoms with Crippen molar-refractivity contribution in [1.29, 1.82) is 0 Å². The number of hydrogen-bond acceptors (Lipinski definition) is 7. The minimum absolute atomic E-state index is 0.174. The Bertz CT molecular complexity index is 1330. The number of nitrogens with zero attached hydrogens (tertiary/aromatic N) is 1. The Kier molecular flexibility index (Phi) is 10.7. The van der Waals surface area contributed by atoms with Crippen LogP contribution < -0.4 is 30.3 Å². The van der Waals surface area contributed by atoms with Gasteiger partial charge in [0.1, 0.15) is 5.75 Å². The second-order valence-corrected chi connectivity index (χ2v) is 9.15. The van der Waals surface area contributed by atoms with Gasteiger partial charge in [0, 0.05) is 6.54 Å². The summed E-state index contributed by atoms with van der Waals surface area (Å²) in [5.41, 5.74) is 4.04. The Morgan fingerprint density at radius 1 is 1.00 bits per heavy atom. The van der Waals surface area contributed by atoms with Crippen molar-refractivity contribution in [3.63, 3.8) is 0 Å². The van der Waals surface area contributed by atoms with Gasteiger partial charge in [0.05, 0.1) is 34.7 Å². The Balaban J connectivity index is 1.53. The first-order valence-electron chi connectivity index (χ1n) is 11.1. The lowest BCUT2D eigenvalue weighted by atomic mass is 10.2. The van der Waals surface area contributed by atoms with Crippen molar-refractivity contribution in [2.24, 2.45) is 5.10 Å². The molecular weight excluding hydrogens is 627 g/mol. The average molecular weight is 651 g/mol. The predicted molar refractivity (Wildman–Crippen MR) is 152 cm³/mol. The molecule has 0 unspecified atom stereocenters. The van der Waals surface area contributed by atoms with E-state index in [1.54, 1.807) is 67.8 Å². The zero-order valence-corrected chi connectivity index (χ0v) is 23.3. The van der Waals surface area contributed by atoms with Crippen molar-refractivity contribution in [3.8, 4) is 17.2 Å². The number of hydrogen-bond donors (Lipinski definition) is 3. The summed E-state index contributed by atoms with van der Waals surface area (Å²) < 4.78 is 16.8. The fourth-order valence-corrected chi connectivity index (χ4v) is 4.03. The van der Waals surface area contributed by atoms with Gasteiger partial charge in [0.2, 0.25) is 0 Å². The normalized spacial score (nSPS) is 10.5. The van der Waals surface area contributed by atoms with Gasteiger partial charge in [-0.15, -0.1) is 0 Å². The molecule has 0 fully saturated rings. The Morgan fingerprint density at radius 3 is 2.42 bits per heavy atom. The van der Waals surface area contributed by atoms with E-state index in [-0.39, 0.29) is 13.2 Å². The molecule has 3 N–H and O–H groups in total. The third-order valence-electron chi connectivity index (χ3n) is 4.95. The summed E-state index contributed by atoms with van der Waals surface area (Å²) in [5.74, 6) is -0.731. The topological polar surface area (TPSA) is 127 Å². The number of rotatable bonds is 10. The molecule has 0 aliphatic rings. The van der Waals surface area contributed by atoms with Crippen molar-refractivity contribution < 1.29 is 28.6 Å². The molecule has 12 heteroatoms. The smallest absolute Gasteiger partial charge is 0.329 e. The Hall–Kier alpha value is -3.84. The van der Waals surface area contributed by atoms with Crippen LogP contribution in [0, 0.1) is 3.57 Å². The molecule has 10 nitrogen and oxygen atoms in total. The SMILES string of the molecule is COc1ccc(CNC(=O)C(=O)N/N=C\c2cc(I)c(OCC(=O)Nc3ccccc3Cl)c(OC)c2)cc1. The van der Waals surface area contributed by atoms with Gasteiger partial charge in [0.15, 0.2) is 18.1 Å². The molecule has 0 aromatic heterocycles. The quantitative estimate of drug-likeness (QED) is 0.133. The summed E-state index contributed by atoms with van der Waals surface area (Å²) >= 11 is 8.09. The first kappa shape index (κ1) is 28.7. The maximum Gasteiger partial charge on any atom is 0.329 e. The zero-order valence-electron chi connectivity index (χ0n) is 20.4. The molecule has 38 heavy (non-hydrogen) atoms. The number of hydrazone groups is 1. The van der Waals surface area contributed by atoms with Crippen LogP contribution in [0.15, 0.2) is 65.8 Å². The minimum Gasteiger partial charge on any atom is -0.497 e. The maximum atomic E-state index is 12.3. The number of nitrogens with one attached hydrogen (secondary N) is 3. The van der Waals surface area contributed by atoms with E-state index in [1.165, 1.54) is 13.3 Å². The standard InChI is InChI=1S/C26H24ClIN4O6/c1-36-18-9-7-16(8-10-18)13-29-25(34)26(35)32-30-14-17-11-20(28)24(22(12-17)37-2)38-15-23(33)31-21-6-4-3-5-19(21)27/h3-12,14H,13,15H2,1-2H3,(H,29,34)(H,31,33)(H,32,35)/b30-14-. The number of halogens is 2. The number of anilines is 1. The van der Waals surface area contributed by atoms with E-state index in [9.17, 15) is 14.4 Å². The lowest BCUT2D eigenvalue weighted by Gasteiger charge is -2.14. The molecular formula is C26H24ClIN4O6. The number of para-hydroxylation sites is 1. The highest BCUT2D eigenvalue weighted by atomic mass is 127. The van der Waals surface area contributed by atoms with Gasteiger partial charge >= 0.3 is 11.8 Å². The summed E-state index contributed by atoms with van der Waals surface area (Å²) in [7, 11) is 3.02. The second kappa shape index (κ2) is 14.2. The predicted octanol–water partition coefficient (Wildman–Crippen LogP) is 3.75. The van der Waals surface area contributed by atoms with Gasteiger partial charge in [-0.25, -0.2) is 5.43 Å². The van der Waals surface area contributed by atoms with Crippen LogP contribution in [0.1, 0.15) is 11.1 Å². The van der Waals surface area contributed by atoms with E-state index in [2.05, 4.69) is 21.2 Å². The molecule has 0 saturated carbocycles. The molecule has 3 amide bonds. The van der Waals surface area contributed by atoms with Crippen molar-refractivity contribution in [2.75, 3.05) is 26.1 Å². The number of amides is 3. The second-order valence-electron chi connectivity index (χ2n) is 7.58. The van der Waals surface area contributed by atoms with Crippen LogP contribution in [0.3, 0.4) is 0 Å². The highest BCUT2D eigenvalue weighted by molar-refractivity contribution is 14.1. The molecule has 0 atom stereocenters. The molecule has 3 rings (SSSR count). The summed E-state index contributed by atoms with van der Waals surface area (Å²) in [6.45, 7) is -0.0973. The Labute approximate surface area is 237 Å². The Morgan fingerprint density at radius 2 is 1.74 bits per heavy atom. The van der Waals surface area contributed by atoms with Gasteiger partial charge in [0.25, 0.3) is 5.91 Å². The maximum absolute atomic E-state index is 12.3. The largest absolute Gasteiger partial charge is 0.497 e. The summed E-state index contributed by atoms with van der Waals surface area (Å²) in [4.78, 5) is 36.4. The summed E-state index contributed by atoms with van der Waals surface area (Å²) in [6.07, 6.45) is 1.35. The summed E-state index contributed by atoms with van der Waals surface area (Å²) in [6, 6.07) is 17.3. The van der Waals surface area contributed by atoms with Gasteiger partial charge in [-0.3, -0.25) is 14.4 Å². The molecule has 3 aromatic rings. The number of ether oxygens (including phenoxy) is 3. The number of benzene rings is 3. The zero-order chi connectivity index (χ0) is 27.5. The van der Waals surface area contributed by atoms with E-state index in [1.807, 2.05) is 22.6 Å². The van der Waals surface area contributed by atoms with Crippen LogP contribution in [0.5, 0.6) is 17.2 Å². The van der Waals surface area contributed by atoms with Crippen LogP contribution in [0.25, 0.3) is 0 Å². The van der Waals surface area contributed by atoms with Gasteiger partial charge in [-0.05, 0) is 70.1 Å². The highest BCUT2D eigenvalue weighted by Gasteiger charge is 2.15. The van der Waals surface area contributed by atoms with Gasteiger partial charge in [-0.2, -0.15) is 5.10 Å². The molecule has 0 heterocycles. The molecule has 3 aromatic carbocycles. The fourth-order valence-electron chi connectivity index (χ4n) is 3.06. The molecule has 0 saturated heterocycles. The van der Waals surface area contributed by atoms with E-state index in [0.717, 1.165) is 5.56 Å².